The van der Waals surface area contributed by atoms with Crippen LogP contribution in [0.3, 0.4) is 0 Å². The van der Waals surface area contributed by atoms with Crippen LogP contribution in [0, 0.1) is 5.92 Å². The van der Waals surface area contributed by atoms with E-state index in [0.29, 0.717) is 5.69 Å². The van der Waals surface area contributed by atoms with Gasteiger partial charge in [-0.15, -0.1) is 10.2 Å². The van der Waals surface area contributed by atoms with Crippen molar-refractivity contribution in [2.45, 2.75) is 12.8 Å². The number of primary amides is 1. The highest BCUT2D eigenvalue weighted by Gasteiger charge is 2.30. The van der Waals surface area contributed by atoms with E-state index < -0.39 is 24.7 Å². The van der Waals surface area contributed by atoms with Gasteiger partial charge in [-0.1, -0.05) is 6.07 Å². The third-order valence-corrected chi connectivity index (χ3v) is 5.48. The second-order valence-electron chi connectivity index (χ2n) is 8.12. The van der Waals surface area contributed by atoms with Crippen LogP contribution in [0.5, 0.6) is 5.75 Å². The predicted molar refractivity (Wildman–Crippen MR) is 136 cm³/mol. The first-order chi connectivity index (χ1) is 18.9. The smallest absolute Gasteiger partial charge is 0.273 e. The summed E-state index contributed by atoms with van der Waals surface area (Å²) in [5, 5.41) is 17.8. The Hall–Kier alpha value is -5.00. The molecule has 0 bridgehead atoms. The highest BCUT2D eigenvalue weighted by molar-refractivity contribution is 6.08. The first-order valence-electron chi connectivity index (χ1n) is 12.6. The third kappa shape index (κ3) is 5.81. The minimum atomic E-state index is -2.79. The Morgan fingerprint density at radius 2 is 1.76 bits per heavy atom. The molecule has 12 heteroatoms. The number of aromatic nitrogens is 2. The molecule has 12 nitrogen and oxygen atoms in total. The Bertz CT molecular complexity index is 1470. The number of methoxy groups -OCH3 is 1. The molecule has 0 atom stereocenters. The highest BCUT2D eigenvalue weighted by Crippen LogP contribution is 2.34. The van der Waals surface area contributed by atoms with Gasteiger partial charge in [-0.05, 0) is 49.2 Å². The van der Waals surface area contributed by atoms with E-state index in [0.717, 1.165) is 12.8 Å². The monoisotopic (exact) mass is 506 g/mol. The number of carbonyl (C=O) groups excluding carboxylic acids is 4. The molecule has 2 aromatic carbocycles. The maximum Gasteiger partial charge on any atom is 0.273 e. The molecule has 6 N–H and O–H groups in total. The molecule has 3 aromatic rings. The number of nitrogens with zero attached hydrogens (tertiary/aromatic N) is 2. The molecule has 0 radical (unpaired) electrons. The lowest BCUT2D eigenvalue weighted by Crippen LogP contribution is -2.22. The summed E-state index contributed by atoms with van der Waals surface area (Å²) >= 11 is 0. The fourth-order valence-electron chi connectivity index (χ4n) is 3.44. The number of hydrogen-bond acceptors (Lipinski definition) is 8. The topological polar surface area (TPSA) is 177 Å². The van der Waals surface area contributed by atoms with E-state index in [4.69, 9.17) is 14.6 Å². The van der Waals surface area contributed by atoms with Crippen LogP contribution in [0.2, 0.25) is 0 Å². The van der Waals surface area contributed by atoms with E-state index in [1.165, 1.54) is 43.5 Å². The second kappa shape index (κ2) is 10.7. The third-order valence-electron chi connectivity index (χ3n) is 5.48. The maximum absolute atomic E-state index is 13.1. The van der Waals surface area contributed by atoms with Gasteiger partial charge in [-0.3, -0.25) is 19.2 Å². The molecule has 4 amide bonds. The van der Waals surface area contributed by atoms with Crippen LogP contribution in [-0.4, -0.2) is 47.9 Å². The zero-order valence-electron chi connectivity index (χ0n) is 22.6. The summed E-state index contributed by atoms with van der Waals surface area (Å²) in [6.45, 7) is -2.79. The fourth-order valence-corrected chi connectivity index (χ4v) is 3.44. The summed E-state index contributed by atoms with van der Waals surface area (Å²) in [7, 11) is 1.34. The van der Waals surface area contributed by atoms with Crippen molar-refractivity contribution in [3.05, 3.63) is 65.4 Å². The number of nitrogens with two attached hydrogens (primary N) is 1. The van der Waals surface area contributed by atoms with Gasteiger partial charge < -0.3 is 31.7 Å². The summed E-state index contributed by atoms with van der Waals surface area (Å²) in [4.78, 5) is 49.3. The van der Waals surface area contributed by atoms with Crippen LogP contribution in [0.1, 0.15) is 48.2 Å². The van der Waals surface area contributed by atoms with Crippen molar-refractivity contribution in [1.82, 2.24) is 15.5 Å². The van der Waals surface area contributed by atoms with Crippen LogP contribution >= 0.6 is 0 Å². The van der Waals surface area contributed by atoms with E-state index in [2.05, 4.69) is 26.1 Å². The van der Waals surface area contributed by atoms with Gasteiger partial charge in [0, 0.05) is 34.3 Å². The van der Waals surface area contributed by atoms with Crippen molar-refractivity contribution in [3.8, 4) is 5.75 Å². The van der Waals surface area contributed by atoms with Crippen molar-refractivity contribution in [1.29, 1.82) is 0 Å². The van der Waals surface area contributed by atoms with Gasteiger partial charge in [0.1, 0.15) is 0 Å². The van der Waals surface area contributed by atoms with Gasteiger partial charge in [-0.2, -0.15) is 0 Å². The zero-order valence-corrected chi connectivity index (χ0v) is 19.6. The average Bonchev–Trinajstić information content (AvgIpc) is 3.74. The van der Waals surface area contributed by atoms with E-state index in [1.807, 2.05) is 5.32 Å². The van der Waals surface area contributed by atoms with E-state index in [-0.39, 0.29) is 51.6 Å². The van der Waals surface area contributed by atoms with Crippen molar-refractivity contribution in [3.63, 3.8) is 0 Å². The zero-order chi connectivity index (χ0) is 29.0. The van der Waals surface area contributed by atoms with Gasteiger partial charge in [0.2, 0.25) is 11.8 Å². The average molecular weight is 507 g/mol. The lowest BCUT2D eigenvalue weighted by molar-refractivity contribution is -0.117. The molecule has 1 aromatic heterocycles. The van der Waals surface area contributed by atoms with Gasteiger partial charge in [-0.25, -0.2) is 0 Å². The lowest BCUT2D eigenvalue weighted by Gasteiger charge is -2.17. The molecule has 1 fully saturated rings. The minimum Gasteiger partial charge on any atom is -0.494 e. The molecule has 37 heavy (non-hydrogen) atoms. The highest BCUT2D eigenvalue weighted by atomic mass is 16.5. The van der Waals surface area contributed by atoms with Crippen LogP contribution < -0.4 is 31.7 Å². The molecule has 0 spiro atoms. The van der Waals surface area contributed by atoms with Gasteiger partial charge in [0.05, 0.1) is 24.0 Å². The molecule has 1 saturated carbocycles. The first-order valence-corrected chi connectivity index (χ1v) is 11.1. The summed E-state index contributed by atoms with van der Waals surface area (Å²) in [6, 6.07) is 11.9. The van der Waals surface area contributed by atoms with Gasteiger partial charge >= 0.3 is 0 Å². The molecule has 0 saturated heterocycles. The summed E-state index contributed by atoms with van der Waals surface area (Å²) in [5.41, 5.74) is 5.90. The van der Waals surface area contributed by atoms with Gasteiger partial charge in [0.15, 0.2) is 17.3 Å². The number of carbonyl (C=O) groups is 4. The SMILES string of the molecule is [2H]C([2H])([2H])NC(=O)c1nnc(NC(=O)C2CC2)cc1Nc1cccc(C(=O)Nc2ccc(C(N)=O)cc2)c1OC. The predicted octanol–water partition coefficient (Wildman–Crippen LogP) is 2.29. The van der Waals surface area contributed by atoms with Crippen LogP contribution in [0.15, 0.2) is 48.5 Å². The number of para-hydroxylation sites is 1. The Kier molecular flexibility index (Phi) is 6.17. The lowest BCUT2D eigenvalue weighted by atomic mass is 10.1. The molecular weight excluding hydrogens is 478 g/mol. The molecule has 0 aliphatic heterocycles. The Morgan fingerprint density at radius 3 is 2.41 bits per heavy atom. The fraction of sp³-hybridized carbons (Fsp3) is 0.200. The number of benzene rings is 2. The van der Waals surface area contributed by atoms with E-state index >= 15 is 0 Å². The second-order valence-corrected chi connectivity index (χ2v) is 8.12. The first kappa shape index (κ1) is 21.3. The number of amides is 4. The number of rotatable bonds is 9. The quantitative estimate of drug-likeness (QED) is 0.293. The van der Waals surface area contributed by atoms with Gasteiger partial charge in [0.25, 0.3) is 11.8 Å². The van der Waals surface area contributed by atoms with Crippen molar-refractivity contribution < 1.29 is 28.0 Å². The summed E-state index contributed by atoms with van der Waals surface area (Å²) in [6.07, 6.45) is 1.51. The van der Waals surface area contributed by atoms with E-state index in [1.54, 1.807) is 12.1 Å². The van der Waals surface area contributed by atoms with Crippen LogP contribution in [0.4, 0.5) is 22.9 Å². The number of anilines is 4. The van der Waals surface area contributed by atoms with Crippen molar-refractivity contribution in [2.75, 3.05) is 30.0 Å². The molecule has 1 aliphatic carbocycles. The molecular formula is C25H25N7O5. The number of hydrogen-bond donors (Lipinski definition) is 5. The largest absolute Gasteiger partial charge is 0.494 e. The number of ether oxygens (including phenoxy) is 1. The summed E-state index contributed by atoms with van der Waals surface area (Å²) < 4.78 is 27.5. The maximum atomic E-state index is 13.1. The minimum absolute atomic E-state index is 0.000690. The Labute approximate surface area is 216 Å². The standard InChI is InChI=1S/C25H25N7O5/c1-27-25(36)20-18(12-19(31-32-20)30-23(34)14-6-7-14)29-17-5-3-4-16(21(17)37-2)24(35)28-15-10-8-13(9-11-15)22(26)33/h3-5,8-12,14H,6-7H2,1-2H3,(H2,26,33)(H,27,36)(H,28,35)(H2,29,30,31,34)/i1D3. The Balaban J connectivity index is 1.65. The number of nitrogens with one attached hydrogen (secondary N) is 4. The summed E-state index contributed by atoms with van der Waals surface area (Å²) in [5.74, 6) is -2.43. The molecule has 0 unspecified atom stereocenters. The molecule has 190 valence electrons. The van der Waals surface area contributed by atoms with Crippen LogP contribution in [0.25, 0.3) is 0 Å². The van der Waals surface area contributed by atoms with Crippen molar-refractivity contribution in [2.24, 2.45) is 11.7 Å². The normalized spacial score (nSPS) is 13.8. The Morgan fingerprint density at radius 1 is 1.00 bits per heavy atom. The molecule has 1 heterocycles. The van der Waals surface area contributed by atoms with E-state index in [9.17, 15) is 19.2 Å². The molecule has 1 aliphatic rings. The molecule has 4 rings (SSSR count). The van der Waals surface area contributed by atoms with Crippen LogP contribution in [-0.2, 0) is 4.79 Å². The van der Waals surface area contributed by atoms with Crippen molar-refractivity contribution >= 4 is 46.5 Å².